The number of hydrogen-bond donors (Lipinski definition) is 0. The van der Waals surface area contributed by atoms with Crippen LogP contribution in [0.5, 0.6) is 0 Å². The van der Waals surface area contributed by atoms with E-state index in [1.165, 1.54) is 0 Å². The van der Waals surface area contributed by atoms with Gasteiger partial charge in [0.05, 0.1) is 13.0 Å². The SMILES string of the molecule is CCOC(=O)C1C2C(=C(C)CN1C)C(=O)CC(=O)c1cc(C(C)C)ccc12. The van der Waals surface area contributed by atoms with Crippen molar-refractivity contribution in [3.05, 3.63) is 46.0 Å². The number of fused-ring (bicyclic) bond motifs is 3. The largest absolute Gasteiger partial charge is 0.465 e. The molecule has 2 unspecified atom stereocenters. The van der Waals surface area contributed by atoms with Crippen LogP contribution in [0.2, 0.25) is 0 Å². The van der Waals surface area contributed by atoms with Crippen LogP contribution < -0.4 is 0 Å². The Labute approximate surface area is 160 Å². The first-order valence-corrected chi connectivity index (χ1v) is 9.53. The van der Waals surface area contributed by atoms with Crippen LogP contribution in [0.1, 0.15) is 67.4 Å². The maximum atomic E-state index is 12.9. The number of ketones is 2. The van der Waals surface area contributed by atoms with E-state index in [4.69, 9.17) is 4.74 Å². The quantitative estimate of drug-likeness (QED) is 0.605. The van der Waals surface area contributed by atoms with E-state index in [1.807, 2.05) is 37.1 Å². The van der Waals surface area contributed by atoms with Crippen molar-refractivity contribution in [3.8, 4) is 0 Å². The van der Waals surface area contributed by atoms with Crippen LogP contribution in [0.4, 0.5) is 0 Å². The number of ether oxygens (including phenoxy) is 1. The Bertz CT molecular complexity index is 837. The average Bonchev–Trinajstić information content (AvgIpc) is 2.70. The van der Waals surface area contributed by atoms with E-state index in [0.717, 1.165) is 16.7 Å². The van der Waals surface area contributed by atoms with Crippen molar-refractivity contribution < 1.29 is 19.1 Å². The molecule has 144 valence electrons. The van der Waals surface area contributed by atoms with Crippen molar-refractivity contribution in [2.24, 2.45) is 0 Å². The van der Waals surface area contributed by atoms with E-state index in [9.17, 15) is 14.4 Å². The fourth-order valence-electron chi connectivity index (χ4n) is 4.30. The number of nitrogens with zero attached hydrogens (tertiary/aromatic N) is 1. The van der Waals surface area contributed by atoms with Gasteiger partial charge in [-0.1, -0.05) is 31.6 Å². The van der Waals surface area contributed by atoms with Gasteiger partial charge in [0, 0.05) is 23.6 Å². The molecule has 0 fully saturated rings. The summed E-state index contributed by atoms with van der Waals surface area (Å²) in [6.45, 7) is 8.61. The molecule has 1 aliphatic heterocycles. The Balaban J connectivity index is 2.25. The van der Waals surface area contributed by atoms with Crippen LogP contribution in [0.3, 0.4) is 0 Å². The standard InChI is InChI=1S/C22H27NO4/c1-6-27-22(26)21-20-15-8-7-14(12(2)3)9-16(15)17(24)10-18(25)19(20)13(4)11-23(21)5/h7-9,12,20-21H,6,10-11H2,1-5H3. The minimum absolute atomic E-state index is 0.142. The van der Waals surface area contributed by atoms with E-state index >= 15 is 0 Å². The maximum absolute atomic E-state index is 12.9. The van der Waals surface area contributed by atoms with Crippen molar-refractivity contribution in [1.82, 2.24) is 4.90 Å². The zero-order valence-electron chi connectivity index (χ0n) is 16.7. The van der Waals surface area contributed by atoms with Gasteiger partial charge < -0.3 is 4.74 Å². The number of carbonyl (C=O) groups excluding carboxylic acids is 3. The topological polar surface area (TPSA) is 63.7 Å². The molecule has 3 rings (SSSR count). The highest BCUT2D eigenvalue weighted by molar-refractivity contribution is 6.17. The summed E-state index contributed by atoms with van der Waals surface area (Å²) in [7, 11) is 1.86. The summed E-state index contributed by atoms with van der Waals surface area (Å²) in [4.78, 5) is 40.5. The number of Topliss-reactive ketones (excluding diaryl/α,β-unsaturated/α-hetero) is 2. The third-order valence-corrected chi connectivity index (χ3v) is 5.58. The lowest BCUT2D eigenvalue weighted by molar-refractivity contribution is -0.149. The zero-order valence-corrected chi connectivity index (χ0v) is 16.7. The van der Waals surface area contributed by atoms with Gasteiger partial charge in [0.15, 0.2) is 11.6 Å². The van der Waals surface area contributed by atoms with Gasteiger partial charge in [-0.25, -0.2) is 0 Å². The molecular formula is C22H27NO4. The normalized spacial score (nSPS) is 23.2. The number of benzene rings is 1. The highest BCUT2D eigenvalue weighted by Gasteiger charge is 2.45. The Morgan fingerprint density at radius 1 is 1.26 bits per heavy atom. The molecule has 0 amide bonds. The van der Waals surface area contributed by atoms with E-state index in [0.29, 0.717) is 17.7 Å². The van der Waals surface area contributed by atoms with Gasteiger partial charge in [-0.2, -0.15) is 0 Å². The average molecular weight is 369 g/mol. The molecule has 0 saturated heterocycles. The van der Waals surface area contributed by atoms with Crippen LogP contribution >= 0.6 is 0 Å². The fraction of sp³-hybridized carbons (Fsp3) is 0.500. The zero-order chi connectivity index (χ0) is 19.9. The minimum Gasteiger partial charge on any atom is -0.465 e. The summed E-state index contributed by atoms with van der Waals surface area (Å²) in [6, 6.07) is 5.20. The van der Waals surface area contributed by atoms with Crippen LogP contribution in [0.25, 0.3) is 0 Å². The third-order valence-electron chi connectivity index (χ3n) is 5.58. The van der Waals surface area contributed by atoms with E-state index in [1.54, 1.807) is 6.92 Å². The lowest BCUT2D eigenvalue weighted by Gasteiger charge is -2.39. The maximum Gasteiger partial charge on any atom is 0.324 e. The number of likely N-dealkylation sites (N-methyl/N-ethyl adjacent to an activating group) is 1. The molecule has 2 aliphatic rings. The molecule has 0 saturated carbocycles. The lowest BCUT2D eigenvalue weighted by Crippen LogP contribution is -2.49. The van der Waals surface area contributed by atoms with E-state index in [-0.39, 0.29) is 36.5 Å². The van der Waals surface area contributed by atoms with E-state index in [2.05, 4.69) is 13.8 Å². The highest BCUT2D eigenvalue weighted by atomic mass is 16.5. The van der Waals surface area contributed by atoms with Gasteiger partial charge in [0.1, 0.15) is 6.04 Å². The van der Waals surface area contributed by atoms with Crippen LogP contribution in [0.15, 0.2) is 29.3 Å². The first-order chi connectivity index (χ1) is 12.8. The van der Waals surface area contributed by atoms with Gasteiger partial charge in [0.25, 0.3) is 0 Å². The molecule has 2 atom stereocenters. The monoisotopic (exact) mass is 369 g/mol. The first kappa shape index (κ1) is 19.5. The third kappa shape index (κ3) is 3.36. The molecule has 1 aromatic carbocycles. The molecule has 0 bridgehead atoms. The number of rotatable bonds is 3. The van der Waals surface area contributed by atoms with Gasteiger partial charge in [0.2, 0.25) is 0 Å². The number of esters is 1. The molecule has 0 spiro atoms. The van der Waals surface area contributed by atoms with Gasteiger partial charge >= 0.3 is 5.97 Å². The summed E-state index contributed by atoms with van der Waals surface area (Å²) < 4.78 is 5.32. The first-order valence-electron chi connectivity index (χ1n) is 9.53. The summed E-state index contributed by atoms with van der Waals surface area (Å²) in [5.41, 5.74) is 3.90. The number of carbonyl (C=O) groups is 3. The molecule has 1 aliphatic carbocycles. The van der Waals surface area contributed by atoms with E-state index < -0.39 is 12.0 Å². The van der Waals surface area contributed by atoms with Crippen LogP contribution in [-0.4, -0.2) is 48.7 Å². The Morgan fingerprint density at radius 2 is 1.96 bits per heavy atom. The molecule has 1 aromatic rings. The molecule has 5 nitrogen and oxygen atoms in total. The number of hydrogen-bond acceptors (Lipinski definition) is 5. The Kier molecular flexibility index (Phi) is 5.33. The highest BCUT2D eigenvalue weighted by Crippen LogP contribution is 2.42. The Hall–Kier alpha value is -2.27. The van der Waals surface area contributed by atoms with Crippen molar-refractivity contribution in [2.45, 2.75) is 52.0 Å². The summed E-state index contributed by atoms with van der Waals surface area (Å²) in [5, 5.41) is 0. The molecule has 1 heterocycles. The van der Waals surface area contributed by atoms with Crippen molar-refractivity contribution >= 4 is 17.5 Å². The molecule has 27 heavy (non-hydrogen) atoms. The van der Waals surface area contributed by atoms with Gasteiger partial charge in [-0.3, -0.25) is 19.3 Å². The van der Waals surface area contributed by atoms with Crippen LogP contribution in [0, 0.1) is 0 Å². The molecule has 0 radical (unpaired) electrons. The second-order valence-corrected chi connectivity index (χ2v) is 7.81. The second kappa shape index (κ2) is 7.39. The Morgan fingerprint density at radius 3 is 2.59 bits per heavy atom. The fourth-order valence-corrected chi connectivity index (χ4v) is 4.30. The smallest absolute Gasteiger partial charge is 0.324 e. The predicted molar refractivity (Wildman–Crippen MR) is 103 cm³/mol. The van der Waals surface area contributed by atoms with Crippen LogP contribution in [-0.2, 0) is 14.3 Å². The molecule has 0 N–H and O–H groups in total. The van der Waals surface area contributed by atoms with Crippen molar-refractivity contribution in [1.29, 1.82) is 0 Å². The molecular weight excluding hydrogens is 342 g/mol. The minimum atomic E-state index is -0.609. The molecule has 5 heteroatoms. The predicted octanol–water partition coefficient (Wildman–Crippen LogP) is 3.24. The lowest BCUT2D eigenvalue weighted by atomic mass is 9.77. The van der Waals surface area contributed by atoms with Gasteiger partial charge in [-0.05, 0) is 44.0 Å². The van der Waals surface area contributed by atoms with Gasteiger partial charge in [-0.15, -0.1) is 0 Å². The summed E-state index contributed by atoms with van der Waals surface area (Å²) in [5.74, 6) is -0.896. The second-order valence-electron chi connectivity index (χ2n) is 7.81. The van der Waals surface area contributed by atoms with Crippen molar-refractivity contribution in [2.75, 3.05) is 20.2 Å². The summed E-state index contributed by atoms with van der Waals surface area (Å²) >= 11 is 0. The molecule has 0 aromatic heterocycles. The summed E-state index contributed by atoms with van der Waals surface area (Å²) in [6.07, 6.45) is -0.142. The van der Waals surface area contributed by atoms with Crippen molar-refractivity contribution in [3.63, 3.8) is 0 Å².